The summed E-state index contributed by atoms with van der Waals surface area (Å²) in [7, 11) is 3.95. The Balaban J connectivity index is 3.31. The van der Waals surface area contributed by atoms with Crippen molar-refractivity contribution in [2.45, 2.75) is 32.1 Å². The number of rotatable bonds is 7. The molecular formula is C9H18O2Si. The molecule has 12 heavy (non-hydrogen) atoms. The Morgan fingerprint density at radius 3 is 2.50 bits per heavy atom. The largest absolute Gasteiger partial charge is 0.360 e. The summed E-state index contributed by atoms with van der Waals surface area (Å²) < 4.78 is 10.1. The minimum absolute atomic E-state index is 0.0529. The van der Waals surface area contributed by atoms with Crippen molar-refractivity contribution in [3.63, 3.8) is 0 Å². The van der Waals surface area contributed by atoms with Gasteiger partial charge in [0.05, 0.1) is 0 Å². The standard InChI is InChI=1S/C9H18O2Si/c1-4-5-6-7-8-12-9(10-2)11-3/h7-9H,4-6H2,1-3H3. The van der Waals surface area contributed by atoms with E-state index in [4.69, 9.17) is 9.47 Å². The molecule has 2 nitrogen and oxygen atoms in total. The fourth-order valence-corrected chi connectivity index (χ4v) is 1.52. The average molecular weight is 186 g/mol. The van der Waals surface area contributed by atoms with Gasteiger partial charge in [-0.1, -0.05) is 31.5 Å². The highest BCUT2D eigenvalue weighted by Crippen LogP contribution is 1.95. The van der Waals surface area contributed by atoms with Gasteiger partial charge in [-0.15, -0.1) is 0 Å². The highest BCUT2D eigenvalue weighted by molar-refractivity contribution is 6.43. The molecule has 70 valence electrons. The van der Waals surface area contributed by atoms with Crippen LogP contribution in [0.25, 0.3) is 0 Å². The van der Waals surface area contributed by atoms with E-state index in [-0.39, 0.29) is 5.91 Å². The molecule has 0 N–H and O–H groups in total. The summed E-state index contributed by atoms with van der Waals surface area (Å²) in [6.45, 7) is 2.20. The van der Waals surface area contributed by atoms with Gasteiger partial charge in [-0.05, 0) is 6.42 Å². The normalized spacial score (nSPS) is 11.7. The Hall–Kier alpha value is -0.123. The van der Waals surface area contributed by atoms with E-state index in [9.17, 15) is 0 Å². The fourth-order valence-electron chi connectivity index (χ4n) is 0.784. The lowest BCUT2D eigenvalue weighted by atomic mass is 10.2. The molecule has 0 rings (SSSR count). The summed E-state index contributed by atoms with van der Waals surface area (Å²) >= 11 is 0. The van der Waals surface area contributed by atoms with Crippen molar-refractivity contribution in [3.8, 4) is 0 Å². The van der Waals surface area contributed by atoms with Crippen LogP contribution >= 0.6 is 0 Å². The van der Waals surface area contributed by atoms with Gasteiger partial charge in [0.25, 0.3) is 0 Å². The van der Waals surface area contributed by atoms with Gasteiger partial charge in [0.2, 0.25) is 0 Å². The number of ether oxygens (including phenoxy) is 2. The number of hydrogen-bond acceptors (Lipinski definition) is 2. The second-order valence-corrected chi connectivity index (χ2v) is 3.65. The van der Waals surface area contributed by atoms with Crippen molar-refractivity contribution < 1.29 is 9.47 Å². The molecule has 0 amide bonds. The molecule has 0 saturated heterocycles. The van der Waals surface area contributed by atoms with E-state index in [1.165, 1.54) is 19.3 Å². The highest BCUT2D eigenvalue weighted by Gasteiger charge is 2.01. The van der Waals surface area contributed by atoms with Crippen LogP contribution in [0.4, 0.5) is 0 Å². The van der Waals surface area contributed by atoms with Crippen LogP contribution in [0.15, 0.2) is 11.8 Å². The average Bonchev–Trinajstić information content (AvgIpc) is 2.11. The molecule has 0 aliphatic rings. The van der Waals surface area contributed by atoms with E-state index in [1.54, 1.807) is 14.2 Å². The molecule has 0 saturated carbocycles. The summed E-state index contributed by atoms with van der Waals surface area (Å²) in [6.07, 6.45) is 5.90. The molecule has 0 aliphatic heterocycles. The van der Waals surface area contributed by atoms with E-state index in [1.807, 2.05) is 0 Å². The number of unbranched alkanes of at least 4 members (excludes halogenated alkanes) is 2. The molecule has 0 aliphatic carbocycles. The van der Waals surface area contributed by atoms with E-state index in [0.29, 0.717) is 9.52 Å². The third kappa shape index (κ3) is 6.58. The fraction of sp³-hybridized carbons (Fsp3) is 0.778. The predicted octanol–water partition coefficient (Wildman–Crippen LogP) is 1.97. The first-order valence-electron chi connectivity index (χ1n) is 4.31. The van der Waals surface area contributed by atoms with Gasteiger partial charge in [-0.25, -0.2) is 0 Å². The van der Waals surface area contributed by atoms with Crippen molar-refractivity contribution in [3.05, 3.63) is 11.8 Å². The maximum Gasteiger partial charge on any atom is 0.147 e. The first kappa shape index (κ1) is 11.9. The Morgan fingerprint density at radius 2 is 2.00 bits per heavy atom. The molecule has 0 heterocycles. The minimum Gasteiger partial charge on any atom is -0.360 e. The third-order valence-electron chi connectivity index (χ3n) is 1.50. The maximum atomic E-state index is 5.04. The predicted molar refractivity (Wildman–Crippen MR) is 52.2 cm³/mol. The molecule has 0 aromatic heterocycles. The number of hydrogen-bond donors (Lipinski definition) is 0. The van der Waals surface area contributed by atoms with Crippen molar-refractivity contribution in [2.24, 2.45) is 0 Å². The third-order valence-corrected chi connectivity index (χ3v) is 2.67. The van der Waals surface area contributed by atoms with Crippen LogP contribution in [0.5, 0.6) is 0 Å². The topological polar surface area (TPSA) is 18.5 Å². The quantitative estimate of drug-likeness (QED) is 0.344. The van der Waals surface area contributed by atoms with Crippen LogP contribution in [0, 0.1) is 0 Å². The smallest absolute Gasteiger partial charge is 0.147 e. The van der Waals surface area contributed by atoms with Crippen molar-refractivity contribution in [2.75, 3.05) is 14.2 Å². The minimum atomic E-state index is -0.0529. The molecule has 0 aromatic carbocycles. The van der Waals surface area contributed by atoms with Crippen molar-refractivity contribution in [1.29, 1.82) is 0 Å². The molecule has 0 aromatic rings. The van der Waals surface area contributed by atoms with Gasteiger partial charge in [0, 0.05) is 14.2 Å². The van der Waals surface area contributed by atoms with Crippen molar-refractivity contribution in [1.82, 2.24) is 0 Å². The molecule has 0 fully saturated rings. The van der Waals surface area contributed by atoms with Crippen LogP contribution < -0.4 is 0 Å². The van der Waals surface area contributed by atoms with Crippen LogP contribution in [-0.4, -0.2) is 29.7 Å². The van der Waals surface area contributed by atoms with Gasteiger partial charge < -0.3 is 9.47 Å². The highest BCUT2D eigenvalue weighted by atomic mass is 28.2. The van der Waals surface area contributed by atoms with Gasteiger partial charge >= 0.3 is 0 Å². The van der Waals surface area contributed by atoms with E-state index >= 15 is 0 Å². The first-order valence-corrected chi connectivity index (χ1v) is 5.47. The molecule has 0 unspecified atom stereocenters. The summed E-state index contributed by atoms with van der Waals surface area (Å²) in [5.74, 6) is -0.0529. The van der Waals surface area contributed by atoms with Crippen molar-refractivity contribution >= 4 is 9.52 Å². The Kier molecular flexibility index (Phi) is 8.88. The van der Waals surface area contributed by atoms with Crippen LogP contribution in [0.1, 0.15) is 26.2 Å². The lowest BCUT2D eigenvalue weighted by Gasteiger charge is -2.08. The van der Waals surface area contributed by atoms with E-state index in [0.717, 1.165) is 0 Å². The molecule has 0 atom stereocenters. The number of methoxy groups -OCH3 is 2. The SMILES string of the molecule is CCCCC=C[Si]C(OC)OC. The van der Waals surface area contributed by atoms with E-state index < -0.39 is 0 Å². The van der Waals surface area contributed by atoms with Crippen LogP contribution in [0.3, 0.4) is 0 Å². The second-order valence-electron chi connectivity index (χ2n) is 2.51. The molecule has 3 heteroatoms. The second kappa shape index (κ2) is 8.97. The molecule has 0 spiro atoms. The summed E-state index contributed by atoms with van der Waals surface area (Å²) in [5, 5.41) is 0. The number of allylic oxidation sites excluding steroid dienone is 1. The van der Waals surface area contributed by atoms with Crippen LogP contribution in [0.2, 0.25) is 0 Å². The molecule has 2 radical (unpaired) electrons. The van der Waals surface area contributed by atoms with Gasteiger partial charge in [0.1, 0.15) is 15.4 Å². The molecular weight excluding hydrogens is 168 g/mol. The van der Waals surface area contributed by atoms with Crippen LogP contribution in [-0.2, 0) is 9.47 Å². The Bertz CT molecular complexity index is 111. The van der Waals surface area contributed by atoms with E-state index in [2.05, 4.69) is 18.7 Å². The van der Waals surface area contributed by atoms with Gasteiger partial charge in [-0.2, -0.15) is 0 Å². The Labute approximate surface area is 77.8 Å². The monoisotopic (exact) mass is 186 g/mol. The summed E-state index contributed by atoms with van der Waals surface area (Å²) in [6, 6.07) is 0. The first-order chi connectivity index (χ1) is 5.85. The Morgan fingerprint density at radius 1 is 1.33 bits per heavy atom. The lowest BCUT2D eigenvalue weighted by Crippen LogP contribution is -2.19. The summed E-state index contributed by atoms with van der Waals surface area (Å²) in [5.41, 5.74) is 2.15. The summed E-state index contributed by atoms with van der Waals surface area (Å²) in [4.78, 5) is 0. The lowest BCUT2D eigenvalue weighted by molar-refractivity contribution is -0.0430. The zero-order chi connectivity index (χ0) is 9.23. The van der Waals surface area contributed by atoms with Gasteiger partial charge in [-0.3, -0.25) is 0 Å². The maximum absolute atomic E-state index is 5.04. The zero-order valence-corrected chi connectivity index (χ0v) is 9.17. The van der Waals surface area contributed by atoms with Gasteiger partial charge in [0.15, 0.2) is 0 Å². The zero-order valence-electron chi connectivity index (χ0n) is 8.17. The molecule has 0 bridgehead atoms.